The highest BCUT2D eigenvalue weighted by atomic mass is 32.2. The van der Waals surface area contributed by atoms with E-state index in [4.69, 9.17) is 5.73 Å². The quantitative estimate of drug-likeness (QED) is 0.569. The molecule has 1 saturated carbocycles. The zero-order valence-electron chi connectivity index (χ0n) is 13.2. The van der Waals surface area contributed by atoms with Crippen LogP contribution in [0.1, 0.15) is 62.0 Å². The summed E-state index contributed by atoms with van der Waals surface area (Å²) in [6.07, 6.45) is 8.90. The molecule has 1 aliphatic rings. The van der Waals surface area contributed by atoms with E-state index in [-0.39, 0.29) is 5.78 Å². The van der Waals surface area contributed by atoms with Crippen molar-refractivity contribution in [2.45, 2.75) is 63.3 Å². The highest BCUT2D eigenvalue weighted by molar-refractivity contribution is 7.99. The minimum Gasteiger partial charge on any atom is -0.396 e. The molecule has 1 fully saturated rings. The van der Waals surface area contributed by atoms with Crippen molar-refractivity contribution in [3.8, 4) is 0 Å². The fourth-order valence-electron chi connectivity index (χ4n) is 2.99. The first-order valence-corrected chi connectivity index (χ1v) is 9.90. The number of rotatable bonds is 6. The lowest BCUT2D eigenvalue weighted by Gasteiger charge is -2.28. The SMILES string of the molecule is CCC(=O)c1sc(NC2CCC(CC)CC2)c(SC)c1N. The molecular formula is C16H26N2OS2. The zero-order valence-corrected chi connectivity index (χ0v) is 14.8. The molecule has 0 aromatic carbocycles. The third kappa shape index (κ3) is 3.75. The average molecular weight is 327 g/mol. The van der Waals surface area contributed by atoms with Gasteiger partial charge in [-0.2, -0.15) is 0 Å². The van der Waals surface area contributed by atoms with E-state index in [9.17, 15) is 4.79 Å². The van der Waals surface area contributed by atoms with Crippen LogP contribution in [0.5, 0.6) is 0 Å². The second kappa shape index (κ2) is 7.54. The molecule has 2 rings (SSSR count). The Labute approximate surface area is 136 Å². The number of nitrogen functional groups attached to an aromatic ring is 1. The topological polar surface area (TPSA) is 55.1 Å². The first-order valence-electron chi connectivity index (χ1n) is 7.86. The van der Waals surface area contributed by atoms with Crippen molar-refractivity contribution in [3.05, 3.63) is 4.88 Å². The number of nitrogens with one attached hydrogen (secondary N) is 1. The minimum absolute atomic E-state index is 0.149. The Morgan fingerprint density at radius 2 is 2.00 bits per heavy atom. The number of nitrogens with two attached hydrogens (primary N) is 1. The third-order valence-corrected chi connectivity index (χ3v) is 6.58. The smallest absolute Gasteiger partial charge is 0.174 e. The van der Waals surface area contributed by atoms with Gasteiger partial charge in [-0.1, -0.05) is 20.3 Å². The Hall–Kier alpha value is -0.680. The Kier molecular flexibility index (Phi) is 5.99. The molecule has 21 heavy (non-hydrogen) atoms. The lowest BCUT2D eigenvalue weighted by atomic mass is 9.84. The Balaban J connectivity index is 2.11. The molecule has 0 amide bonds. The van der Waals surface area contributed by atoms with Gasteiger partial charge in [-0.3, -0.25) is 4.79 Å². The van der Waals surface area contributed by atoms with E-state index in [1.54, 1.807) is 11.8 Å². The lowest BCUT2D eigenvalue weighted by Crippen LogP contribution is -2.25. The first-order chi connectivity index (χ1) is 10.1. The monoisotopic (exact) mass is 326 g/mol. The van der Waals surface area contributed by atoms with Gasteiger partial charge >= 0.3 is 0 Å². The summed E-state index contributed by atoms with van der Waals surface area (Å²) in [5.74, 6) is 1.05. The van der Waals surface area contributed by atoms with Crippen molar-refractivity contribution in [1.29, 1.82) is 0 Å². The summed E-state index contributed by atoms with van der Waals surface area (Å²) in [5, 5.41) is 4.74. The van der Waals surface area contributed by atoms with Crippen molar-refractivity contribution >= 4 is 39.6 Å². The van der Waals surface area contributed by atoms with Crippen molar-refractivity contribution in [1.82, 2.24) is 0 Å². The van der Waals surface area contributed by atoms with Gasteiger partial charge in [-0.05, 0) is 37.9 Å². The van der Waals surface area contributed by atoms with Gasteiger partial charge in [0.1, 0.15) is 5.00 Å². The fraction of sp³-hybridized carbons (Fsp3) is 0.688. The Morgan fingerprint density at radius 1 is 1.33 bits per heavy atom. The molecule has 0 unspecified atom stereocenters. The molecule has 0 bridgehead atoms. The highest BCUT2D eigenvalue weighted by Crippen LogP contribution is 2.43. The van der Waals surface area contributed by atoms with E-state index in [0.29, 0.717) is 18.2 Å². The number of thiophene rings is 1. The van der Waals surface area contributed by atoms with Gasteiger partial charge in [-0.15, -0.1) is 23.1 Å². The van der Waals surface area contributed by atoms with Gasteiger partial charge in [0.15, 0.2) is 5.78 Å². The molecule has 1 aromatic heterocycles. The van der Waals surface area contributed by atoms with Crippen LogP contribution < -0.4 is 11.1 Å². The molecule has 3 nitrogen and oxygen atoms in total. The summed E-state index contributed by atoms with van der Waals surface area (Å²) < 4.78 is 0. The van der Waals surface area contributed by atoms with Crippen LogP contribution in [0.3, 0.4) is 0 Å². The summed E-state index contributed by atoms with van der Waals surface area (Å²) in [6.45, 7) is 4.17. The predicted octanol–water partition coefficient (Wildman–Crippen LogP) is 5.03. The van der Waals surface area contributed by atoms with Crippen LogP contribution in [0.4, 0.5) is 10.7 Å². The van der Waals surface area contributed by atoms with Crippen molar-refractivity contribution in [3.63, 3.8) is 0 Å². The number of hydrogen-bond donors (Lipinski definition) is 2. The fourth-order valence-corrected chi connectivity index (χ4v) is 5.10. The maximum atomic E-state index is 12.0. The molecule has 0 aliphatic heterocycles. The van der Waals surface area contributed by atoms with Gasteiger partial charge in [0.05, 0.1) is 15.5 Å². The number of ketones is 1. The molecule has 5 heteroatoms. The van der Waals surface area contributed by atoms with Crippen LogP contribution in [0.2, 0.25) is 0 Å². The number of carbonyl (C=O) groups excluding carboxylic acids is 1. The molecule has 0 spiro atoms. The van der Waals surface area contributed by atoms with E-state index in [2.05, 4.69) is 12.2 Å². The van der Waals surface area contributed by atoms with Crippen LogP contribution in [0, 0.1) is 5.92 Å². The van der Waals surface area contributed by atoms with E-state index in [1.807, 2.05) is 13.2 Å². The van der Waals surface area contributed by atoms with Crippen LogP contribution in [-0.2, 0) is 0 Å². The number of carbonyl (C=O) groups is 1. The average Bonchev–Trinajstić information content (AvgIpc) is 2.83. The van der Waals surface area contributed by atoms with Crippen molar-refractivity contribution < 1.29 is 4.79 Å². The van der Waals surface area contributed by atoms with Crippen LogP contribution in [0.15, 0.2) is 4.90 Å². The minimum atomic E-state index is 0.149. The number of anilines is 2. The molecule has 1 aromatic rings. The Morgan fingerprint density at radius 3 is 2.52 bits per heavy atom. The van der Waals surface area contributed by atoms with Crippen molar-refractivity contribution in [2.75, 3.05) is 17.3 Å². The number of Topliss-reactive ketones (excluding diaryl/α,β-unsaturated/α-hetero) is 1. The van der Waals surface area contributed by atoms with Crippen LogP contribution >= 0.6 is 23.1 Å². The van der Waals surface area contributed by atoms with Crippen LogP contribution in [-0.4, -0.2) is 18.1 Å². The molecule has 1 aliphatic carbocycles. The third-order valence-electron chi connectivity index (χ3n) is 4.44. The second-order valence-corrected chi connectivity index (χ2v) is 7.59. The van der Waals surface area contributed by atoms with Gasteiger partial charge in [0.25, 0.3) is 0 Å². The standard InChI is InChI=1S/C16H26N2OS2/c1-4-10-6-8-11(9-7-10)18-16-15(20-3)13(17)14(21-16)12(19)5-2/h10-11,18H,4-9,17H2,1-3H3. The molecule has 0 radical (unpaired) electrons. The summed E-state index contributed by atoms with van der Waals surface area (Å²) in [7, 11) is 0. The molecular weight excluding hydrogens is 300 g/mol. The van der Waals surface area contributed by atoms with E-state index in [1.165, 1.54) is 43.4 Å². The van der Waals surface area contributed by atoms with Gasteiger partial charge in [-0.25, -0.2) is 0 Å². The number of hydrogen-bond acceptors (Lipinski definition) is 5. The summed E-state index contributed by atoms with van der Waals surface area (Å²) in [4.78, 5) is 13.8. The normalized spacial score (nSPS) is 22.2. The molecule has 0 saturated heterocycles. The molecule has 1 heterocycles. The number of thioether (sulfide) groups is 1. The van der Waals surface area contributed by atoms with Gasteiger partial charge in [0, 0.05) is 12.5 Å². The molecule has 3 N–H and O–H groups in total. The van der Waals surface area contributed by atoms with Crippen LogP contribution in [0.25, 0.3) is 0 Å². The van der Waals surface area contributed by atoms with Gasteiger partial charge in [0.2, 0.25) is 0 Å². The lowest BCUT2D eigenvalue weighted by molar-refractivity contribution is 0.0992. The molecule has 0 atom stereocenters. The van der Waals surface area contributed by atoms with Gasteiger partial charge < -0.3 is 11.1 Å². The summed E-state index contributed by atoms with van der Waals surface area (Å²) in [5.41, 5.74) is 6.84. The first kappa shape index (κ1) is 16.7. The van der Waals surface area contributed by atoms with E-state index in [0.717, 1.165) is 20.7 Å². The summed E-state index contributed by atoms with van der Waals surface area (Å²) >= 11 is 3.17. The molecule has 118 valence electrons. The largest absolute Gasteiger partial charge is 0.396 e. The van der Waals surface area contributed by atoms with Crippen molar-refractivity contribution in [2.24, 2.45) is 5.92 Å². The maximum absolute atomic E-state index is 12.0. The summed E-state index contributed by atoms with van der Waals surface area (Å²) in [6, 6.07) is 0.529. The van der Waals surface area contributed by atoms with E-state index < -0.39 is 0 Å². The second-order valence-electron chi connectivity index (χ2n) is 5.75. The maximum Gasteiger partial charge on any atom is 0.174 e. The predicted molar refractivity (Wildman–Crippen MR) is 94.8 cm³/mol. The highest BCUT2D eigenvalue weighted by Gasteiger charge is 2.24. The Bertz CT molecular complexity index is 491. The zero-order chi connectivity index (χ0) is 15.4. The van der Waals surface area contributed by atoms with E-state index >= 15 is 0 Å².